The molecule has 25 heavy (non-hydrogen) atoms. The van der Waals surface area contributed by atoms with Crippen LogP contribution >= 0.6 is 0 Å². The van der Waals surface area contributed by atoms with Gasteiger partial charge in [0.1, 0.15) is 5.49 Å². The minimum atomic E-state index is 0.463. The number of hydrogen-bond acceptors (Lipinski definition) is 4. The molecule has 6 heteroatoms. The van der Waals surface area contributed by atoms with Crippen molar-refractivity contribution in [3.8, 4) is 5.69 Å². The number of nitrogens with one attached hydrogen (secondary N) is 1. The lowest BCUT2D eigenvalue weighted by atomic mass is 10.2. The third-order valence-corrected chi connectivity index (χ3v) is 4.54. The molecule has 1 N–H and O–H groups in total. The summed E-state index contributed by atoms with van der Waals surface area (Å²) in [5.41, 5.74) is 5.45. The van der Waals surface area contributed by atoms with Gasteiger partial charge in [-0.1, -0.05) is 0 Å². The smallest absolute Gasteiger partial charge is 0.150 e. The van der Waals surface area contributed by atoms with Crippen LogP contribution in [0.15, 0.2) is 55.4 Å². The second-order valence-electron chi connectivity index (χ2n) is 6.03. The van der Waals surface area contributed by atoms with Crippen LogP contribution in [0.2, 0.25) is 0 Å². The summed E-state index contributed by atoms with van der Waals surface area (Å²) in [6.07, 6.45) is 8.83. The number of pyridine rings is 2. The van der Waals surface area contributed by atoms with Gasteiger partial charge in [0.25, 0.3) is 0 Å². The van der Waals surface area contributed by atoms with E-state index < -0.39 is 0 Å². The fraction of sp³-hybridized carbons (Fsp3) is 0.158. The van der Waals surface area contributed by atoms with Gasteiger partial charge in [-0.25, -0.2) is 4.98 Å². The summed E-state index contributed by atoms with van der Waals surface area (Å²) in [7, 11) is 0. The molecule has 0 bridgehead atoms. The van der Waals surface area contributed by atoms with E-state index in [-0.39, 0.29) is 0 Å². The van der Waals surface area contributed by atoms with E-state index in [0.29, 0.717) is 12.0 Å². The minimum Gasteiger partial charge on any atom is -0.312 e. The van der Waals surface area contributed by atoms with Gasteiger partial charge in [0.2, 0.25) is 0 Å². The normalized spacial score (nSPS) is 11.1. The zero-order valence-electron chi connectivity index (χ0n) is 14.1. The molecule has 0 fully saturated rings. The minimum absolute atomic E-state index is 0.463. The number of hydrogen-bond donors (Lipinski definition) is 1. The SMILES string of the molecule is Cc1c(C)n(-c2cccnc2)c2ncn(Cc3ccncc3)c(=N)c12. The van der Waals surface area contributed by atoms with Crippen molar-refractivity contribution in [2.24, 2.45) is 0 Å². The molecule has 0 aliphatic rings. The Morgan fingerprint density at radius 1 is 1.04 bits per heavy atom. The highest BCUT2D eigenvalue weighted by Gasteiger charge is 2.16. The van der Waals surface area contributed by atoms with E-state index in [4.69, 9.17) is 5.41 Å². The van der Waals surface area contributed by atoms with Crippen LogP contribution in [-0.4, -0.2) is 24.1 Å². The van der Waals surface area contributed by atoms with Crippen molar-refractivity contribution in [3.63, 3.8) is 0 Å². The van der Waals surface area contributed by atoms with Gasteiger partial charge in [-0.3, -0.25) is 19.9 Å². The largest absolute Gasteiger partial charge is 0.312 e. The zero-order chi connectivity index (χ0) is 17.4. The Morgan fingerprint density at radius 2 is 1.84 bits per heavy atom. The Morgan fingerprint density at radius 3 is 2.56 bits per heavy atom. The zero-order valence-corrected chi connectivity index (χ0v) is 14.1. The van der Waals surface area contributed by atoms with Crippen LogP contribution in [0.25, 0.3) is 16.7 Å². The molecule has 0 unspecified atom stereocenters. The van der Waals surface area contributed by atoms with Crippen LogP contribution in [0.4, 0.5) is 0 Å². The second kappa shape index (κ2) is 5.98. The van der Waals surface area contributed by atoms with E-state index >= 15 is 0 Å². The highest BCUT2D eigenvalue weighted by molar-refractivity contribution is 5.82. The third-order valence-electron chi connectivity index (χ3n) is 4.54. The van der Waals surface area contributed by atoms with Gasteiger partial charge in [-0.2, -0.15) is 0 Å². The maximum absolute atomic E-state index is 8.68. The molecule has 4 heterocycles. The number of aryl methyl sites for hydroxylation is 1. The maximum atomic E-state index is 8.68. The number of rotatable bonds is 3. The summed E-state index contributed by atoms with van der Waals surface area (Å²) in [5, 5.41) is 9.55. The molecule has 0 atom stereocenters. The lowest BCUT2D eigenvalue weighted by Crippen LogP contribution is -2.21. The molecule has 0 aliphatic carbocycles. The Kier molecular flexibility index (Phi) is 3.65. The Labute approximate surface area is 145 Å². The van der Waals surface area contributed by atoms with E-state index in [1.165, 1.54) is 0 Å². The van der Waals surface area contributed by atoms with E-state index in [9.17, 15) is 0 Å². The van der Waals surface area contributed by atoms with Crippen LogP contribution in [0, 0.1) is 19.3 Å². The molecule has 6 nitrogen and oxygen atoms in total. The fourth-order valence-electron chi connectivity index (χ4n) is 3.13. The molecular formula is C19H18N6. The average Bonchev–Trinajstić information content (AvgIpc) is 2.90. The predicted molar refractivity (Wildman–Crippen MR) is 95.5 cm³/mol. The van der Waals surface area contributed by atoms with Gasteiger partial charge >= 0.3 is 0 Å². The van der Waals surface area contributed by atoms with Crippen molar-refractivity contribution >= 4 is 11.0 Å². The van der Waals surface area contributed by atoms with Gasteiger partial charge in [0.15, 0.2) is 5.65 Å². The fourth-order valence-corrected chi connectivity index (χ4v) is 3.13. The average molecular weight is 330 g/mol. The molecule has 124 valence electrons. The van der Waals surface area contributed by atoms with E-state index in [2.05, 4.69) is 26.4 Å². The first-order chi connectivity index (χ1) is 12.2. The first kappa shape index (κ1) is 15.3. The predicted octanol–water partition coefficient (Wildman–Crippen LogP) is 2.76. The monoisotopic (exact) mass is 330 g/mol. The molecule has 4 rings (SSSR count). The van der Waals surface area contributed by atoms with E-state index in [1.807, 2.05) is 42.0 Å². The van der Waals surface area contributed by atoms with Crippen LogP contribution in [-0.2, 0) is 6.54 Å². The van der Waals surface area contributed by atoms with Gasteiger partial charge in [-0.15, -0.1) is 0 Å². The summed E-state index contributed by atoms with van der Waals surface area (Å²) in [6.45, 7) is 4.69. The first-order valence-electron chi connectivity index (χ1n) is 8.08. The van der Waals surface area contributed by atoms with E-state index in [1.54, 1.807) is 24.9 Å². The summed E-state index contributed by atoms with van der Waals surface area (Å²) < 4.78 is 3.92. The Bertz CT molecular complexity index is 1090. The number of aromatic nitrogens is 5. The first-order valence-corrected chi connectivity index (χ1v) is 8.08. The topological polar surface area (TPSA) is 72.4 Å². The molecule has 0 amide bonds. The molecule has 0 aliphatic heterocycles. The third kappa shape index (κ3) is 2.52. The molecule has 0 spiro atoms. The van der Waals surface area contributed by atoms with Crippen LogP contribution in [0.3, 0.4) is 0 Å². The van der Waals surface area contributed by atoms with Crippen LogP contribution < -0.4 is 5.49 Å². The van der Waals surface area contributed by atoms with Crippen molar-refractivity contribution in [1.82, 2.24) is 24.1 Å². The lowest BCUT2D eigenvalue weighted by molar-refractivity contribution is 0.720. The number of fused-ring (bicyclic) bond motifs is 1. The summed E-state index contributed by atoms with van der Waals surface area (Å²) in [6, 6.07) is 7.82. The summed E-state index contributed by atoms with van der Waals surface area (Å²) >= 11 is 0. The quantitative estimate of drug-likeness (QED) is 0.628. The van der Waals surface area contributed by atoms with Crippen molar-refractivity contribution in [1.29, 1.82) is 5.41 Å². The highest BCUT2D eigenvalue weighted by Crippen LogP contribution is 2.24. The van der Waals surface area contributed by atoms with Gasteiger partial charge in [0, 0.05) is 24.3 Å². The second-order valence-corrected chi connectivity index (χ2v) is 6.03. The van der Waals surface area contributed by atoms with Crippen LogP contribution in [0.5, 0.6) is 0 Å². The summed E-state index contributed by atoms with van der Waals surface area (Å²) in [4.78, 5) is 12.9. The molecular weight excluding hydrogens is 312 g/mol. The highest BCUT2D eigenvalue weighted by atomic mass is 15.1. The summed E-state index contributed by atoms with van der Waals surface area (Å²) in [5.74, 6) is 0. The van der Waals surface area contributed by atoms with Gasteiger partial charge in [0.05, 0.1) is 30.1 Å². The van der Waals surface area contributed by atoms with Gasteiger partial charge < -0.3 is 4.57 Å². The van der Waals surface area contributed by atoms with E-state index in [0.717, 1.165) is 33.5 Å². The van der Waals surface area contributed by atoms with Crippen molar-refractivity contribution in [2.75, 3.05) is 0 Å². The van der Waals surface area contributed by atoms with Crippen molar-refractivity contribution in [3.05, 3.63) is 77.7 Å². The Balaban J connectivity index is 1.91. The molecule has 0 aromatic carbocycles. The number of nitrogens with zero attached hydrogens (tertiary/aromatic N) is 5. The molecule has 0 saturated carbocycles. The van der Waals surface area contributed by atoms with Gasteiger partial charge in [-0.05, 0) is 49.2 Å². The molecule has 0 saturated heterocycles. The van der Waals surface area contributed by atoms with Crippen molar-refractivity contribution in [2.45, 2.75) is 20.4 Å². The van der Waals surface area contributed by atoms with Crippen LogP contribution in [0.1, 0.15) is 16.8 Å². The molecule has 4 aromatic heterocycles. The molecule has 4 aromatic rings. The lowest BCUT2D eigenvalue weighted by Gasteiger charge is -2.09. The standard InChI is InChI=1S/C19H18N6/c1-13-14(2)25(16-4-3-7-22-10-16)19-17(13)18(20)24(12-23-19)11-15-5-8-21-9-6-15/h3-10,12,20H,11H2,1-2H3. The maximum Gasteiger partial charge on any atom is 0.150 e. The van der Waals surface area contributed by atoms with Crippen molar-refractivity contribution < 1.29 is 0 Å². The Hall–Kier alpha value is -3.28. The molecule has 0 radical (unpaired) electrons.